The smallest absolute Gasteiger partial charge is 0.0279 e. The number of hydrogen-bond acceptors (Lipinski definition) is 0. The third-order valence-corrected chi connectivity index (χ3v) is 4.55. The lowest BCUT2D eigenvalue weighted by atomic mass is 9.85. The summed E-state index contributed by atoms with van der Waals surface area (Å²) in [5.74, 6) is 0.187. The summed E-state index contributed by atoms with van der Waals surface area (Å²) in [7, 11) is 0. The van der Waals surface area contributed by atoms with Crippen LogP contribution in [-0.2, 0) is 0 Å². The predicted molar refractivity (Wildman–Crippen MR) is 99.9 cm³/mol. The SMILES string of the molecule is C=CC(c1cccc2ccccc12)c1cccc2ccccc12. The molecule has 0 heteroatoms. The summed E-state index contributed by atoms with van der Waals surface area (Å²) in [5, 5.41) is 5.15. The molecule has 0 bridgehead atoms. The molecule has 0 atom stereocenters. The third-order valence-electron chi connectivity index (χ3n) is 4.55. The van der Waals surface area contributed by atoms with Gasteiger partial charge in [-0.05, 0) is 32.7 Å². The van der Waals surface area contributed by atoms with Crippen molar-refractivity contribution in [3.8, 4) is 0 Å². The third kappa shape index (κ3) is 2.33. The summed E-state index contributed by atoms with van der Waals surface area (Å²) in [4.78, 5) is 0. The molecular formula is C23H18. The zero-order valence-corrected chi connectivity index (χ0v) is 12.9. The van der Waals surface area contributed by atoms with Gasteiger partial charge >= 0.3 is 0 Å². The molecule has 0 saturated carbocycles. The highest BCUT2D eigenvalue weighted by atomic mass is 14.2. The molecule has 0 spiro atoms. The van der Waals surface area contributed by atoms with Crippen molar-refractivity contribution in [2.75, 3.05) is 0 Å². The van der Waals surface area contributed by atoms with Crippen LogP contribution in [0, 0.1) is 0 Å². The molecule has 0 aliphatic heterocycles. The van der Waals surface area contributed by atoms with Crippen LogP contribution in [0.2, 0.25) is 0 Å². The van der Waals surface area contributed by atoms with E-state index in [1.807, 2.05) is 0 Å². The van der Waals surface area contributed by atoms with Crippen LogP contribution in [0.4, 0.5) is 0 Å². The van der Waals surface area contributed by atoms with Crippen molar-refractivity contribution in [3.05, 3.63) is 109 Å². The van der Waals surface area contributed by atoms with Crippen LogP contribution in [0.5, 0.6) is 0 Å². The van der Waals surface area contributed by atoms with Crippen molar-refractivity contribution in [2.24, 2.45) is 0 Å². The average molecular weight is 294 g/mol. The Morgan fingerprint density at radius 3 is 1.48 bits per heavy atom. The average Bonchev–Trinajstić information content (AvgIpc) is 2.63. The summed E-state index contributed by atoms with van der Waals surface area (Å²) in [6, 6.07) is 30.2. The molecule has 0 aliphatic carbocycles. The van der Waals surface area contributed by atoms with E-state index in [1.165, 1.54) is 32.7 Å². The predicted octanol–water partition coefficient (Wildman–Crippen LogP) is 6.31. The highest BCUT2D eigenvalue weighted by Crippen LogP contribution is 2.35. The van der Waals surface area contributed by atoms with Gasteiger partial charge in [-0.3, -0.25) is 0 Å². The molecule has 110 valence electrons. The first-order valence-electron chi connectivity index (χ1n) is 7.96. The van der Waals surface area contributed by atoms with Gasteiger partial charge in [-0.15, -0.1) is 6.58 Å². The summed E-state index contributed by atoms with van der Waals surface area (Å²) in [6.45, 7) is 4.13. The molecule has 0 radical (unpaired) electrons. The second-order valence-electron chi connectivity index (χ2n) is 5.85. The lowest BCUT2D eigenvalue weighted by Crippen LogP contribution is -1.99. The first-order valence-corrected chi connectivity index (χ1v) is 7.96. The molecule has 4 aromatic rings. The molecule has 4 aromatic carbocycles. The Balaban J connectivity index is 1.99. The van der Waals surface area contributed by atoms with Crippen molar-refractivity contribution < 1.29 is 0 Å². The van der Waals surface area contributed by atoms with Crippen molar-refractivity contribution in [2.45, 2.75) is 5.92 Å². The van der Waals surface area contributed by atoms with Crippen LogP contribution in [0.15, 0.2) is 97.6 Å². The molecule has 4 rings (SSSR count). The van der Waals surface area contributed by atoms with Gasteiger partial charge in [0, 0.05) is 5.92 Å². The molecule has 0 aliphatic rings. The molecule has 0 amide bonds. The highest BCUT2D eigenvalue weighted by molar-refractivity contribution is 5.90. The van der Waals surface area contributed by atoms with Gasteiger partial charge < -0.3 is 0 Å². The fraction of sp³-hybridized carbons (Fsp3) is 0.0435. The Labute approximate surface area is 136 Å². The van der Waals surface area contributed by atoms with Gasteiger partial charge in [-0.1, -0.05) is 91.0 Å². The second-order valence-corrected chi connectivity index (χ2v) is 5.85. The summed E-state index contributed by atoms with van der Waals surface area (Å²) < 4.78 is 0. The highest BCUT2D eigenvalue weighted by Gasteiger charge is 2.15. The van der Waals surface area contributed by atoms with E-state index in [1.54, 1.807) is 0 Å². The van der Waals surface area contributed by atoms with Crippen LogP contribution >= 0.6 is 0 Å². The van der Waals surface area contributed by atoms with Gasteiger partial charge in [0.05, 0.1) is 0 Å². The van der Waals surface area contributed by atoms with Gasteiger partial charge in [-0.25, -0.2) is 0 Å². The Morgan fingerprint density at radius 1 is 0.565 bits per heavy atom. The maximum atomic E-state index is 4.13. The number of rotatable bonds is 3. The van der Waals surface area contributed by atoms with E-state index in [9.17, 15) is 0 Å². The summed E-state index contributed by atoms with van der Waals surface area (Å²) in [5.41, 5.74) is 2.63. The zero-order chi connectivity index (χ0) is 15.6. The van der Waals surface area contributed by atoms with Gasteiger partial charge in [-0.2, -0.15) is 0 Å². The molecule has 0 fully saturated rings. The first-order chi connectivity index (χ1) is 11.4. The van der Waals surface area contributed by atoms with Gasteiger partial charge in [0.1, 0.15) is 0 Å². The lowest BCUT2D eigenvalue weighted by Gasteiger charge is -2.18. The van der Waals surface area contributed by atoms with Crippen LogP contribution in [0.1, 0.15) is 17.0 Å². The van der Waals surface area contributed by atoms with Gasteiger partial charge in [0.2, 0.25) is 0 Å². The van der Waals surface area contributed by atoms with Crippen molar-refractivity contribution in [1.29, 1.82) is 0 Å². The van der Waals surface area contributed by atoms with Crippen molar-refractivity contribution >= 4 is 21.5 Å². The molecule has 0 aromatic heterocycles. The minimum atomic E-state index is 0.187. The van der Waals surface area contributed by atoms with E-state index in [-0.39, 0.29) is 5.92 Å². The minimum Gasteiger partial charge on any atom is -0.102 e. The summed E-state index contributed by atoms with van der Waals surface area (Å²) >= 11 is 0. The van der Waals surface area contributed by atoms with E-state index < -0.39 is 0 Å². The zero-order valence-electron chi connectivity index (χ0n) is 12.9. The minimum absolute atomic E-state index is 0.187. The quantitative estimate of drug-likeness (QED) is 0.388. The Morgan fingerprint density at radius 2 is 1.00 bits per heavy atom. The monoisotopic (exact) mass is 294 g/mol. The van der Waals surface area contributed by atoms with Crippen molar-refractivity contribution in [1.82, 2.24) is 0 Å². The van der Waals surface area contributed by atoms with E-state index in [0.717, 1.165) is 0 Å². The fourth-order valence-electron chi connectivity index (χ4n) is 3.46. The molecule has 23 heavy (non-hydrogen) atoms. The Bertz CT molecular complexity index is 905. The van der Waals surface area contributed by atoms with E-state index >= 15 is 0 Å². The van der Waals surface area contributed by atoms with Crippen LogP contribution in [0.25, 0.3) is 21.5 Å². The topological polar surface area (TPSA) is 0 Å². The molecule has 0 saturated heterocycles. The molecule has 0 unspecified atom stereocenters. The van der Waals surface area contributed by atoms with E-state index in [2.05, 4.69) is 97.6 Å². The lowest BCUT2D eigenvalue weighted by molar-refractivity contribution is 1.06. The second kappa shape index (κ2) is 5.73. The van der Waals surface area contributed by atoms with Crippen LogP contribution in [-0.4, -0.2) is 0 Å². The molecule has 0 heterocycles. The molecular weight excluding hydrogens is 276 g/mol. The standard InChI is InChI=1S/C23H18/c1-2-19(22-15-7-11-17-9-3-5-13-20(17)22)23-16-8-12-18-10-4-6-14-21(18)23/h2-16,19H,1H2. The number of hydrogen-bond donors (Lipinski definition) is 0. The number of benzene rings is 4. The number of fused-ring (bicyclic) bond motifs is 2. The normalized spacial score (nSPS) is 11.2. The maximum absolute atomic E-state index is 4.13. The van der Waals surface area contributed by atoms with Crippen LogP contribution in [0.3, 0.4) is 0 Å². The molecule has 0 N–H and O–H groups in total. The maximum Gasteiger partial charge on any atom is 0.0279 e. The largest absolute Gasteiger partial charge is 0.102 e. The molecule has 0 nitrogen and oxygen atoms in total. The van der Waals surface area contributed by atoms with Crippen molar-refractivity contribution in [3.63, 3.8) is 0 Å². The van der Waals surface area contributed by atoms with E-state index in [0.29, 0.717) is 0 Å². The number of allylic oxidation sites excluding steroid dienone is 1. The van der Waals surface area contributed by atoms with Gasteiger partial charge in [0.15, 0.2) is 0 Å². The first kappa shape index (κ1) is 13.8. The fourth-order valence-corrected chi connectivity index (χ4v) is 3.46. The Kier molecular flexibility index (Phi) is 3.44. The van der Waals surface area contributed by atoms with Crippen LogP contribution < -0.4 is 0 Å². The van der Waals surface area contributed by atoms with Gasteiger partial charge in [0.25, 0.3) is 0 Å². The Hall–Kier alpha value is -2.86. The summed E-state index contributed by atoms with van der Waals surface area (Å²) in [6.07, 6.45) is 2.06. The van der Waals surface area contributed by atoms with E-state index in [4.69, 9.17) is 0 Å².